The number of pyridine rings is 1. The summed E-state index contributed by atoms with van der Waals surface area (Å²) in [7, 11) is 0. The highest BCUT2D eigenvalue weighted by Crippen LogP contribution is 2.23. The molecule has 21 heavy (non-hydrogen) atoms. The predicted molar refractivity (Wildman–Crippen MR) is 82.5 cm³/mol. The maximum atomic E-state index is 12.5. The molecule has 0 aliphatic carbocycles. The van der Waals surface area contributed by atoms with Gasteiger partial charge in [0.1, 0.15) is 10.7 Å². The van der Waals surface area contributed by atoms with Crippen molar-refractivity contribution in [1.29, 1.82) is 0 Å². The van der Waals surface area contributed by atoms with Crippen molar-refractivity contribution in [1.82, 2.24) is 9.88 Å². The maximum absolute atomic E-state index is 12.5. The van der Waals surface area contributed by atoms with Crippen LogP contribution in [0.4, 0.5) is 0 Å². The number of rotatable bonds is 3. The van der Waals surface area contributed by atoms with Crippen LogP contribution < -0.4 is 11.5 Å². The van der Waals surface area contributed by atoms with Crippen molar-refractivity contribution in [2.75, 3.05) is 6.54 Å². The molecule has 0 radical (unpaired) electrons. The normalized spacial score (nSPS) is 21.9. The summed E-state index contributed by atoms with van der Waals surface area (Å²) < 4.78 is 0. The van der Waals surface area contributed by atoms with Crippen LogP contribution in [0.5, 0.6) is 0 Å². The number of nitrogens with zero attached hydrogens (tertiary/aromatic N) is 2. The van der Waals surface area contributed by atoms with Crippen LogP contribution >= 0.6 is 12.2 Å². The van der Waals surface area contributed by atoms with E-state index in [9.17, 15) is 9.59 Å². The Kier molecular flexibility index (Phi) is 4.52. The number of nitrogens with two attached hydrogens (primary N) is 2. The Labute approximate surface area is 128 Å². The van der Waals surface area contributed by atoms with Crippen molar-refractivity contribution in [3.8, 4) is 0 Å². The maximum Gasteiger partial charge on any atom is 0.272 e. The minimum atomic E-state index is -0.364. The van der Waals surface area contributed by atoms with Crippen LogP contribution in [-0.2, 0) is 4.79 Å². The number of piperidine rings is 1. The summed E-state index contributed by atoms with van der Waals surface area (Å²) in [6, 6.07) is 3.32. The van der Waals surface area contributed by atoms with E-state index in [2.05, 4.69) is 4.98 Å². The number of hydrogen-bond donors (Lipinski definition) is 2. The zero-order valence-corrected chi connectivity index (χ0v) is 12.6. The van der Waals surface area contributed by atoms with Gasteiger partial charge in [0.2, 0.25) is 5.91 Å². The lowest BCUT2D eigenvalue weighted by atomic mass is 9.92. The molecule has 2 amide bonds. The molecule has 1 saturated heterocycles. The second-order valence-corrected chi connectivity index (χ2v) is 5.72. The third-order valence-corrected chi connectivity index (χ3v) is 4.05. The molecule has 2 rings (SSSR count). The third kappa shape index (κ3) is 3.36. The Morgan fingerprint density at radius 1 is 1.33 bits per heavy atom. The van der Waals surface area contributed by atoms with Gasteiger partial charge in [-0.25, -0.2) is 0 Å². The van der Waals surface area contributed by atoms with Gasteiger partial charge in [0.05, 0.1) is 5.92 Å². The quantitative estimate of drug-likeness (QED) is 0.789. The van der Waals surface area contributed by atoms with Crippen LogP contribution in [0.3, 0.4) is 0 Å². The Morgan fingerprint density at radius 2 is 2.05 bits per heavy atom. The van der Waals surface area contributed by atoms with E-state index < -0.39 is 0 Å². The first-order valence-corrected chi connectivity index (χ1v) is 7.17. The second kappa shape index (κ2) is 6.17. The molecule has 1 aliphatic rings. The van der Waals surface area contributed by atoms with Crippen LogP contribution in [0.1, 0.15) is 35.8 Å². The summed E-state index contributed by atoms with van der Waals surface area (Å²) in [6.07, 6.45) is 2.95. The molecule has 2 unspecified atom stereocenters. The summed E-state index contributed by atoms with van der Waals surface area (Å²) in [5, 5.41) is 0. The van der Waals surface area contributed by atoms with Gasteiger partial charge in [-0.3, -0.25) is 14.6 Å². The second-order valence-electron chi connectivity index (χ2n) is 5.28. The smallest absolute Gasteiger partial charge is 0.272 e. The van der Waals surface area contributed by atoms with Gasteiger partial charge in [-0.15, -0.1) is 0 Å². The van der Waals surface area contributed by atoms with E-state index in [4.69, 9.17) is 23.7 Å². The molecule has 1 aromatic rings. The van der Waals surface area contributed by atoms with Crippen molar-refractivity contribution in [2.45, 2.75) is 25.8 Å². The Balaban J connectivity index is 2.17. The number of carbonyl (C=O) groups is 2. The fraction of sp³-hybridized carbons (Fsp3) is 0.429. The molecule has 0 saturated carbocycles. The zero-order chi connectivity index (χ0) is 15.6. The SMILES string of the molecule is CC1CCC(C(N)=O)CN1C(=O)c1ccc(C(N)=S)cn1. The number of amides is 2. The predicted octanol–water partition coefficient (Wildman–Crippen LogP) is 0.442. The average Bonchev–Trinajstić information content (AvgIpc) is 2.47. The van der Waals surface area contributed by atoms with E-state index in [1.54, 1.807) is 17.0 Å². The molecule has 4 N–H and O–H groups in total. The molecule has 6 nitrogen and oxygen atoms in total. The molecular formula is C14H18N4O2S. The number of likely N-dealkylation sites (tertiary alicyclic amines) is 1. The highest BCUT2D eigenvalue weighted by molar-refractivity contribution is 7.80. The van der Waals surface area contributed by atoms with E-state index in [1.165, 1.54) is 6.20 Å². The Morgan fingerprint density at radius 3 is 2.57 bits per heavy atom. The lowest BCUT2D eigenvalue weighted by Gasteiger charge is -2.36. The molecular weight excluding hydrogens is 288 g/mol. The molecule has 0 bridgehead atoms. The largest absolute Gasteiger partial charge is 0.389 e. The van der Waals surface area contributed by atoms with Crippen LogP contribution in [0.25, 0.3) is 0 Å². The molecule has 0 aromatic carbocycles. The van der Waals surface area contributed by atoms with Gasteiger partial charge < -0.3 is 16.4 Å². The van der Waals surface area contributed by atoms with E-state index >= 15 is 0 Å². The topological polar surface area (TPSA) is 102 Å². The Bertz CT molecular complexity index is 573. The van der Waals surface area contributed by atoms with Gasteiger partial charge in [0.15, 0.2) is 0 Å². The van der Waals surface area contributed by atoms with Gasteiger partial charge in [-0.1, -0.05) is 12.2 Å². The number of primary amides is 1. The first kappa shape index (κ1) is 15.4. The third-order valence-electron chi connectivity index (χ3n) is 3.81. The van der Waals surface area contributed by atoms with Crippen molar-refractivity contribution in [3.05, 3.63) is 29.6 Å². The molecule has 1 aromatic heterocycles. The average molecular weight is 306 g/mol. The van der Waals surface area contributed by atoms with E-state index in [-0.39, 0.29) is 28.8 Å². The van der Waals surface area contributed by atoms with Crippen molar-refractivity contribution >= 4 is 29.0 Å². The summed E-state index contributed by atoms with van der Waals surface area (Å²) in [5.74, 6) is -0.861. The van der Waals surface area contributed by atoms with Crippen LogP contribution in [0.15, 0.2) is 18.3 Å². The van der Waals surface area contributed by atoms with Crippen molar-refractivity contribution in [3.63, 3.8) is 0 Å². The Hall–Kier alpha value is -2.02. The van der Waals surface area contributed by atoms with Gasteiger partial charge >= 0.3 is 0 Å². The fourth-order valence-corrected chi connectivity index (χ4v) is 2.56. The number of hydrogen-bond acceptors (Lipinski definition) is 4. The zero-order valence-electron chi connectivity index (χ0n) is 11.8. The summed E-state index contributed by atoms with van der Waals surface area (Å²) in [5.41, 5.74) is 11.8. The standard InChI is InChI=1S/C14H18N4O2S/c1-8-2-3-10(12(15)19)7-18(8)14(20)11-5-4-9(6-17-11)13(16)21/h4-6,8,10H,2-3,7H2,1H3,(H2,15,19)(H2,16,21). The molecule has 7 heteroatoms. The molecule has 1 aliphatic heterocycles. The van der Waals surface area contributed by atoms with Crippen LogP contribution in [0, 0.1) is 5.92 Å². The van der Waals surface area contributed by atoms with Gasteiger partial charge in [-0.2, -0.15) is 0 Å². The lowest BCUT2D eigenvalue weighted by Crippen LogP contribution is -2.48. The van der Waals surface area contributed by atoms with Crippen molar-refractivity contribution in [2.24, 2.45) is 17.4 Å². The number of aromatic nitrogens is 1. The summed E-state index contributed by atoms with van der Waals surface area (Å²) >= 11 is 4.85. The number of carbonyl (C=O) groups excluding carboxylic acids is 2. The fourth-order valence-electron chi connectivity index (χ4n) is 2.44. The summed E-state index contributed by atoms with van der Waals surface area (Å²) in [6.45, 7) is 2.30. The van der Waals surface area contributed by atoms with E-state index in [1.807, 2.05) is 6.92 Å². The highest BCUT2D eigenvalue weighted by atomic mass is 32.1. The lowest BCUT2D eigenvalue weighted by molar-refractivity contribution is -0.123. The van der Waals surface area contributed by atoms with Crippen LogP contribution in [-0.4, -0.2) is 39.3 Å². The van der Waals surface area contributed by atoms with E-state index in [0.717, 1.165) is 6.42 Å². The van der Waals surface area contributed by atoms with Crippen LogP contribution in [0.2, 0.25) is 0 Å². The summed E-state index contributed by atoms with van der Waals surface area (Å²) in [4.78, 5) is 29.8. The van der Waals surface area contributed by atoms with E-state index in [0.29, 0.717) is 24.2 Å². The first-order chi connectivity index (χ1) is 9.90. The molecule has 1 fully saturated rings. The van der Waals surface area contributed by atoms with Gasteiger partial charge in [0, 0.05) is 24.3 Å². The number of thiocarbonyl (C=S) groups is 1. The van der Waals surface area contributed by atoms with Gasteiger partial charge in [-0.05, 0) is 31.9 Å². The first-order valence-electron chi connectivity index (χ1n) is 6.76. The molecule has 2 heterocycles. The highest BCUT2D eigenvalue weighted by Gasteiger charge is 2.32. The minimum absolute atomic E-state index is 0.0603. The minimum Gasteiger partial charge on any atom is -0.389 e. The molecule has 2 atom stereocenters. The monoisotopic (exact) mass is 306 g/mol. The molecule has 0 spiro atoms. The van der Waals surface area contributed by atoms with Crippen molar-refractivity contribution < 1.29 is 9.59 Å². The van der Waals surface area contributed by atoms with Gasteiger partial charge in [0.25, 0.3) is 5.91 Å². The molecule has 112 valence electrons.